The highest BCUT2D eigenvalue weighted by Gasteiger charge is 2.12. The van der Waals surface area contributed by atoms with Gasteiger partial charge in [-0.2, -0.15) is 0 Å². The highest BCUT2D eigenvalue weighted by atomic mass is 14.2. The Morgan fingerprint density at radius 3 is 2.14 bits per heavy atom. The molecule has 0 amide bonds. The molecule has 0 atom stereocenters. The predicted octanol–water partition coefficient (Wildman–Crippen LogP) is 12.8. The molecule has 0 aliphatic heterocycles. The summed E-state index contributed by atoms with van der Waals surface area (Å²) >= 11 is 0. The van der Waals surface area contributed by atoms with E-state index in [-0.39, 0.29) is 0 Å². The van der Waals surface area contributed by atoms with Gasteiger partial charge in [0, 0.05) is 0 Å². The molecule has 44 heavy (non-hydrogen) atoms. The quantitative estimate of drug-likeness (QED) is 0.171. The Labute approximate surface area is 263 Å². The van der Waals surface area contributed by atoms with Crippen LogP contribution < -0.4 is 0 Å². The van der Waals surface area contributed by atoms with Gasteiger partial charge in [-0.25, -0.2) is 0 Å². The fourth-order valence-corrected chi connectivity index (χ4v) is 5.61. The molecule has 0 heterocycles. The standard InChI is InChI=1S/C44H40/c1-6-15-35(16-7-2)33(4)24-25-34(5)37-19-14-20-41(30-37)44-42-22-13-12-18-36(42)17-10-8-9-11-21-43(44)40-28-27-38-29-32(3)23-26-39(38)31-40/h6-31H,1H2,2-5H3/b9-8?,10-8?,11-9?,16-7-,17-10?,21-11?,33-24+,34-25+,35-15+,36-17?,43-21?,44-42?,44-43?. The minimum atomic E-state index is 1.16. The van der Waals surface area contributed by atoms with Crippen molar-refractivity contribution in [2.45, 2.75) is 27.7 Å². The van der Waals surface area contributed by atoms with Crippen LogP contribution in [-0.2, 0) is 0 Å². The SMILES string of the molecule is C=C/C=C(\C=C/C)C(/C)=C/C=C(\C)c1cccc(-c2c(-c3ccc4cc(C)ccc4c3)ccccccc3ccccc23)c1. The summed E-state index contributed by atoms with van der Waals surface area (Å²) in [6, 6.07) is 44.1. The number of allylic oxidation sites excluding steroid dienone is 9. The van der Waals surface area contributed by atoms with Gasteiger partial charge < -0.3 is 0 Å². The van der Waals surface area contributed by atoms with E-state index in [1.807, 2.05) is 19.1 Å². The monoisotopic (exact) mass is 568 g/mol. The zero-order valence-electron chi connectivity index (χ0n) is 26.2. The molecule has 0 spiro atoms. The molecule has 0 aromatic heterocycles. The van der Waals surface area contributed by atoms with Crippen LogP contribution in [0.15, 0.2) is 176 Å². The first-order valence-corrected chi connectivity index (χ1v) is 15.3. The van der Waals surface area contributed by atoms with E-state index in [9.17, 15) is 0 Å². The van der Waals surface area contributed by atoms with Crippen LogP contribution in [0.1, 0.15) is 31.9 Å². The second kappa shape index (κ2) is 14.3. The zero-order chi connectivity index (χ0) is 30.9. The normalized spacial score (nSPS) is 12.5. The van der Waals surface area contributed by atoms with E-state index >= 15 is 0 Å². The topological polar surface area (TPSA) is 0 Å². The van der Waals surface area contributed by atoms with Crippen LogP contribution in [0.4, 0.5) is 0 Å². The lowest BCUT2D eigenvalue weighted by Crippen LogP contribution is -1.89. The van der Waals surface area contributed by atoms with E-state index in [0.29, 0.717) is 0 Å². The Kier molecular flexibility index (Phi) is 9.85. The highest BCUT2D eigenvalue weighted by Crippen LogP contribution is 2.38. The molecule has 5 aromatic rings. The second-order valence-corrected chi connectivity index (χ2v) is 11.2. The van der Waals surface area contributed by atoms with E-state index < -0.39 is 0 Å². The minimum Gasteiger partial charge on any atom is -0.0990 e. The van der Waals surface area contributed by atoms with Crippen LogP contribution in [0.25, 0.3) is 49.4 Å². The van der Waals surface area contributed by atoms with Gasteiger partial charge in [0.1, 0.15) is 0 Å². The van der Waals surface area contributed by atoms with Gasteiger partial charge in [-0.05, 0) is 106 Å². The molecular weight excluding hydrogens is 528 g/mol. The van der Waals surface area contributed by atoms with Crippen molar-refractivity contribution >= 4 is 27.1 Å². The summed E-state index contributed by atoms with van der Waals surface area (Å²) in [6.45, 7) is 12.4. The summed E-state index contributed by atoms with van der Waals surface area (Å²) in [7, 11) is 0. The molecule has 0 saturated heterocycles. The molecule has 0 radical (unpaired) electrons. The van der Waals surface area contributed by atoms with E-state index in [2.05, 4.69) is 173 Å². The molecule has 216 valence electrons. The fourth-order valence-electron chi connectivity index (χ4n) is 5.61. The van der Waals surface area contributed by atoms with Crippen LogP contribution in [-0.4, -0.2) is 0 Å². The van der Waals surface area contributed by atoms with E-state index in [1.54, 1.807) is 0 Å². The Hall–Kier alpha value is -5.20. The maximum absolute atomic E-state index is 3.88. The summed E-state index contributed by atoms with van der Waals surface area (Å²) < 4.78 is 0. The molecule has 0 saturated carbocycles. The van der Waals surface area contributed by atoms with E-state index in [1.165, 1.54) is 66.1 Å². The first-order chi connectivity index (χ1) is 21.5. The molecule has 0 aliphatic rings. The highest BCUT2D eigenvalue weighted by molar-refractivity contribution is 6.03. The van der Waals surface area contributed by atoms with Crippen LogP contribution in [0.3, 0.4) is 0 Å². The Morgan fingerprint density at radius 1 is 0.614 bits per heavy atom. The van der Waals surface area contributed by atoms with Gasteiger partial charge in [-0.15, -0.1) is 0 Å². The molecule has 0 heteroatoms. The van der Waals surface area contributed by atoms with Crippen molar-refractivity contribution < 1.29 is 0 Å². The maximum Gasteiger partial charge on any atom is -0.00266 e. The first kappa shape index (κ1) is 30.3. The van der Waals surface area contributed by atoms with E-state index in [4.69, 9.17) is 0 Å². The summed E-state index contributed by atoms with van der Waals surface area (Å²) in [5.74, 6) is 0. The van der Waals surface area contributed by atoms with Gasteiger partial charge in [0.25, 0.3) is 0 Å². The van der Waals surface area contributed by atoms with Gasteiger partial charge in [0.2, 0.25) is 0 Å². The molecule has 0 bridgehead atoms. The maximum atomic E-state index is 3.88. The number of fused-ring (bicyclic) bond motifs is 2. The average molecular weight is 569 g/mol. The van der Waals surface area contributed by atoms with Crippen molar-refractivity contribution in [3.8, 4) is 22.3 Å². The zero-order valence-corrected chi connectivity index (χ0v) is 26.2. The number of hydrogen-bond donors (Lipinski definition) is 0. The Morgan fingerprint density at radius 2 is 1.34 bits per heavy atom. The summed E-state index contributed by atoms with van der Waals surface area (Å²) in [5.41, 5.74) is 10.8. The van der Waals surface area contributed by atoms with Crippen LogP contribution in [0, 0.1) is 6.92 Å². The third kappa shape index (κ3) is 7.05. The number of aryl methyl sites for hydroxylation is 1. The second-order valence-electron chi connectivity index (χ2n) is 11.2. The van der Waals surface area contributed by atoms with Crippen molar-refractivity contribution in [1.82, 2.24) is 0 Å². The molecule has 0 N–H and O–H groups in total. The lowest BCUT2D eigenvalue weighted by atomic mass is 9.89. The van der Waals surface area contributed by atoms with Gasteiger partial charge >= 0.3 is 0 Å². The van der Waals surface area contributed by atoms with Crippen molar-refractivity contribution in [2.75, 3.05) is 0 Å². The molecule has 0 nitrogen and oxygen atoms in total. The van der Waals surface area contributed by atoms with E-state index in [0.717, 1.165) is 5.57 Å². The smallest absolute Gasteiger partial charge is 0.00266 e. The molecule has 0 aliphatic carbocycles. The molecular formula is C44H40. The van der Waals surface area contributed by atoms with Crippen molar-refractivity contribution in [1.29, 1.82) is 0 Å². The Balaban J connectivity index is 1.75. The first-order valence-electron chi connectivity index (χ1n) is 15.3. The van der Waals surface area contributed by atoms with Gasteiger partial charge in [0.05, 0.1) is 0 Å². The fraction of sp³-hybridized carbons (Fsp3) is 0.0909. The van der Waals surface area contributed by atoms with Crippen LogP contribution >= 0.6 is 0 Å². The van der Waals surface area contributed by atoms with Crippen molar-refractivity contribution in [3.05, 3.63) is 187 Å². The third-order valence-electron chi connectivity index (χ3n) is 7.97. The lowest BCUT2D eigenvalue weighted by molar-refractivity contribution is 1.41. The summed E-state index contributed by atoms with van der Waals surface area (Å²) in [4.78, 5) is 0. The molecule has 0 unspecified atom stereocenters. The predicted molar refractivity (Wildman–Crippen MR) is 195 cm³/mol. The van der Waals surface area contributed by atoms with Gasteiger partial charge in [-0.3, -0.25) is 0 Å². The molecule has 0 fully saturated rings. The number of rotatable bonds is 7. The number of benzene rings is 4. The van der Waals surface area contributed by atoms with Crippen molar-refractivity contribution in [3.63, 3.8) is 0 Å². The van der Waals surface area contributed by atoms with Gasteiger partial charge in [-0.1, -0.05) is 158 Å². The lowest BCUT2D eigenvalue weighted by Gasteiger charge is -2.14. The largest absolute Gasteiger partial charge is 0.0990 e. The number of hydrogen-bond acceptors (Lipinski definition) is 0. The summed E-state index contributed by atoms with van der Waals surface area (Å²) in [6.07, 6.45) is 12.5. The molecule has 5 aromatic carbocycles. The average Bonchev–Trinajstić information content (AvgIpc) is 3.05. The Bertz CT molecular complexity index is 2010. The van der Waals surface area contributed by atoms with Crippen LogP contribution in [0.2, 0.25) is 0 Å². The van der Waals surface area contributed by atoms with Crippen LogP contribution in [0.5, 0.6) is 0 Å². The molecule has 5 rings (SSSR count). The summed E-state index contributed by atoms with van der Waals surface area (Å²) in [5, 5.41) is 4.90. The van der Waals surface area contributed by atoms with Crippen molar-refractivity contribution in [2.24, 2.45) is 0 Å². The van der Waals surface area contributed by atoms with Gasteiger partial charge in [0.15, 0.2) is 0 Å². The minimum absolute atomic E-state index is 1.16. The third-order valence-corrected chi connectivity index (χ3v) is 7.97.